The molecular weight excluding hydrogens is 175 g/mol. The Morgan fingerprint density at radius 2 is 2.17 bits per heavy atom. The summed E-state index contributed by atoms with van der Waals surface area (Å²) in [5, 5.41) is 0.621. The summed E-state index contributed by atoms with van der Waals surface area (Å²) in [4.78, 5) is 0. The van der Waals surface area contributed by atoms with Crippen molar-refractivity contribution in [2.45, 2.75) is 13.8 Å². The Hall–Kier alpha value is -0.560. The largest absolute Gasteiger partial charge is 0.250 e. The van der Waals surface area contributed by atoms with Crippen LogP contribution >= 0.6 is 11.6 Å². The molecule has 0 nitrogen and oxygen atoms in total. The molecule has 65 valence electrons. The molecule has 0 amide bonds. The highest BCUT2D eigenvalue weighted by Gasteiger charge is 2.09. The van der Waals surface area contributed by atoms with Gasteiger partial charge >= 0.3 is 0 Å². The number of aryl methyl sites for hydroxylation is 1. The Morgan fingerprint density at radius 3 is 2.75 bits per heavy atom. The van der Waals surface area contributed by atoms with E-state index in [-0.39, 0.29) is 0 Å². The van der Waals surface area contributed by atoms with Gasteiger partial charge in [0.2, 0.25) is 0 Å². The number of hydrogen-bond donors (Lipinski definition) is 0. The molecule has 0 unspecified atom stereocenters. The van der Waals surface area contributed by atoms with Crippen LogP contribution < -0.4 is 0 Å². The van der Waals surface area contributed by atoms with E-state index in [0.717, 1.165) is 11.1 Å². The van der Waals surface area contributed by atoms with Crippen LogP contribution in [0.15, 0.2) is 18.2 Å². The molecule has 0 bridgehead atoms. The van der Waals surface area contributed by atoms with Gasteiger partial charge in [0.25, 0.3) is 0 Å². The second-order valence-electron chi connectivity index (χ2n) is 2.90. The maximum atomic E-state index is 12.3. The normalized spacial score (nSPS) is 10.8. The van der Waals surface area contributed by atoms with Crippen molar-refractivity contribution in [2.24, 2.45) is 0 Å². The predicted octanol–water partition coefficient (Wildman–Crippen LogP) is 3.56. The van der Waals surface area contributed by atoms with Crippen LogP contribution in [0.4, 0.5) is 4.39 Å². The van der Waals surface area contributed by atoms with Gasteiger partial charge in [0.15, 0.2) is 0 Å². The summed E-state index contributed by atoms with van der Waals surface area (Å²) in [5.74, 6) is 0.684. The lowest BCUT2D eigenvalue weighted by atomic mass is 10.0. The SMILES string of the molecule is C[C](CF)c1cc(C)ccc1Cl. The van der Waals surface area contributed by atoms with Crippen LogP contribution in [0.5, 0.6) is 0 Å². The van der Waals surface area contributed by atoms with Gasteiger partial charge in [-0.25, -0.2) is 0 Å². The number of alkyl halides is 1. The molecule has 0 aliphatic rings. The molecule has 1 aromatic rings. The van der Waals surface area contributed by atoms with Crippen LogP contribution in [0.25, 0.3) is 0 Å². The van der Waals surface area contributed by atoms with E-state index in [1.165, 1.54) is 0 Å². The zero-order valence-electron chi connectivity index (χ0n) is 7.20. The third kappa shape index (κ3) is 1.98. The molecule has 0 aliphatic heterocycles. The Morgan fingerprint density at radius 1 is 1.50 bits per heavy atom. The van der Waals surface area contributed by atoms with Crippen molar-refractivity contribution < 1.29 is 4.39 Å². The lowest BCUT2D eigenvalue weighted by Gasteiger charge is -2.09. The molecule has 0 atom stereocenters. The van der Waals surface area contributed by atoms with Crippen molar-refractivity contribution in [3.05, 3.63) is 40.3 Å². The quantitative estimate of drug-likeness (QED) is 0.661. The summed E-state index contributed by atoms with van der Waals surface area (Å²) >= 11 is 5.88. The molecule has 1 aromatic carbocycles. The maximum Gasteiger partial charge on any atom is 0.0998 e. The van der Waals surface area contributed by atoms with Crippen molar-refractivity contribution in [3.8, 4) is 0 Å². The molecule has 0 aliphatic carbocycles. The molecule has 1 radical (unpaired) electrons. The van der Waals surface area contributed by atoms with Gasteiger partial charge in [-0.3, -0.25) is 4.39 Å². The van der Waals surface area contributed by atoms with E-state index in [0.29, 0.717) is 10.9 Å². The first kappa shape index (κ1) is 9.53. The fourth-order valence-electron chi connectivity index (χ4n) is 1.04. The zero-order valence-corrected chi connectivity index (χ0v) is 7.95. The Balaban J connectivity index is 3.04. The summed E-state index contributed by atoms with van der Waals surface area (Å²) < 4.78 is 12.3. The van der Waals surface area contributed by atoms with E-state index < -0.39 is 6.67 Å². The average Bonchev–Trinajstić information content (AvgIpc) is 2.08. The van der Waals surface area contributed by atoms with Crippen LogP contribution in [0.1, 0.15) is 18.1 Å². The molecular formula is C10H11ClF. The van der Waals surface area contributed by atoms with Crippen LogP contribution in [0.2, 0.25) is 5.02 Å². The van der Waals surface area contributed by atoms with Crippen LogP contribution in [-0.4, -0.2) is 6.67 Å². The first-order valence-electron chi connectivity index (χ1n) is 3.80. The van der Waals surface area contributed by atoms with E-state index >= 15 is 0 Å². The van der Waals surface area contributed by atoms with Gasteiger partial charge in [-0.05, 0) is 18.6 Å². The Labute approximate surface area is 77.4 Å². The molecule has 12 heavy (non-hydrogen) atoms. The summed E-state index contributed by atoms with van der Waals surface area (Å²) in [6.07, 6.45) is 0. The molecule has 0 fully saturated rings. The number of hydrogen-bond acceptors (Lipinski definition) is 0. The highest BCUT2D eigenvalue weighted by atomic mass is 35.5. The van der Waals surface area contributed by atoms with Gasteiger partial charge in [0, 0.05) is 10.9 Å². The van der Waals surface area contributed by atoms with Crippen molar-refractivity contribution in [1.29, 1.82) is 0 Å². The van der Waals surface area contributed by atoms with Gasteiger partial charge in [-0.1, -0.05) is 36.2 Å². The predicted molar refractivity (Wildman–Crippen MR) is 50.2 cm³/mol. The minimum Gasteiger partial charge on any atom is -0.250 e. The molecule has 2 heteroatoms. The molecule has 0 heterocycles. The molecule has 0 spiro atoms. The minimum absolute atomic E-state index is 0.441. The lowest BCUT2D eigenvalue weighted by molar-refractivity contribution is 0.516. The summed E-state index contributed by atoms with van der Waals surface area (Å²) in [5.41, 5.74) is 1.92. The topological polar surface area (TPSA) is 0 Å². The van der Waals surface area contributed by atoms with E-state index in [4.69, 9.17) is 11.6 Å². The number of benzene rings is 1. The Bertz CT molecular complexity index is 271. The van der Waals surface area contributed by atoms with E-state index in [1.54, 1.807) is 13.0 Å². The second-order valence-corrected chi connectivity index (χ2v) is 3.30. The first-order chi connectivity index (χ1) is 5.65. The van der Waals surface area contributed by atoms with Crippen LogP contribution in [0.3, 0.4) is 0 Å². The van der Waals surface area contributed by atoms with Gasteiger partial charge in [-0.15, -0.1) is 0 Å². The van der Waals surface area contributed by atoms with Gasteiger partial charge in [0.05, 0.1) is 6.67 Å². The molecule has 0 saturated carbocycles. The van der Waals surface area contributed by atoms with Gasteiger partial charge in [0.1, 0.15) is 0 Å². The van der Waals surface area contributed by atoms with Crippen molar-refractivity contribution in [3.63, 3.8) is 0 Å². The van der Waals surface area contributed by atoms with E-state index in [1.807, 2.05) is 19.1 Å². The number of halogens is 2. The molecule has 1 rings (SSSR count). The van der Waals surface area contributed by atoms with E-state index in [2.05, 4.69) is 0 Å². The monoisotopic (exact) mass is 185 g/mol. The third-order valence-corrected chi connectivity index (χ3v) is 2.11. The van der Waals surface area contributed by atoms with Gasteiger partial charge in [-0.2, -0.15) is 0 Å². The number of rotatable bonds is 2. The fraction of sp³-hybridized carbons (Fsp3) is 0.300. The minimum atomic E-state index is -0.441. The molecule has 0 N–H and O–H groups in total. The zero-order chi connectivity index (χ0) is 9.14. The van der Waals surface area contributed by atoms with Crippen molar-refractivity contribution in [2.75, 3.05) is 6.67 Å². The van der Waals surface area contributed by atoms with E-state index in [9.17, 15) is 4.39 Å². The third-order valence-electron chi connectivity index (χ3n) is 1.78. The highest BCUT2D eigenvalue weighted by Crippen LogP contribution is 2.24. The standard InChI is InChI=1S/C10H11ClF/c1-7-3-4-10(11)9(5-7)8(2)6-12/h3-5H,6H2,1-2H3. The van der Waals surface area contributed by atoms with Crippen molar-refractivity contribution >= 4 is 11.6 Å². The average molecular weight is 186 g/mol. The maximum absolute atomic E-state index is 12.3. The summed E-state index contributed by atoms with van der Waals surface area (Å²) in [6, 6.07) is 5.61. The van der Waals surface area contributed by atoms with Crippen LogP contribution in [0, 0.1) is 12.8 Å². The Kier molecular flexibility index (Phi) is 3.10. The molecule has 0 aromatic heterocycles. The summed E-state index contributed by atoms with van der Waals surface area (Å²) in [7, 11) is 0. The van der Waals surface area contributed by atoms with Gasteiger partial charge < -0.3 is 0 Å². The van der Waals surface area contributed by atoms with Crippen molar-refractivity contribution in [1.82, 2.24) is 0 Å². The summed E-state index contributed by atoms with van der Waals surface area (Å²) in [6.45, 7) is 3.27. The molecule has 0 saturated heterocycles. The van der Waals surface area contributed by atoms with Crippen LogP contribution in [-0.2, 0) is 0 Å². The highest BCUT2D eigenvalue weighted by molar-refractivity contribution is 6.31. The first-order valence-corrected chi connectivity index (χ1v) is 4.18. The second kappa shape index (κ2) is 3.90. The fourth-order valence-corrected chi connectivity index (χ4v) is 1.32. The smallest absolute Gasteiger partial charge is 0.0998 e. The lowest BCUT2D eigenvalue weighted by Crippen LogP contribution is -1.97.